The molecule has 0 spiro atoms. The summed E-state index contributed by atoms with van der Waals surface area (Å²) in [6.45, 7) is 5.45. The summed E-state index contributed by atoms with van der Waals surface area (Å²) in [7, 11) is 0. The second kappa shape index (κ2) is 5.19. The van der Waals surface area contributed by atoms with E-state index >= 15 is 0 Å². The fourth-order valence-corrected chi connectivity index (χ4v) is 1.62. The quantitative estimate of drug-likeness (QED) is 0.489. The van der Waals surface area contributed by atoms with E-state index in [0.717, 1.165) is 5.82 Å². The summed E-state index contributed by atoms with van der Waals surface area (Å²) in [4.78, 5) is 4.07. The van der Waals surface area contributed by atoms with Gasteiger partial charge in [-0.25, -0.2) is 4.99 Å². The molecule has 5 heteroatoms. The van der Waals surface area contributed by atoms with Crippen molar-refractivity contribution in [2.45, 2.75) is 25.7 Å². The van der Waals surface area contributed by atoms with Crippen LogP contribution in [0.3, 0.4) is 0 Å². The van der Waals surface area contributed by atoms with Gasteiger partial charge in [0, 0.05) is 17.7 Å². The average molecular weight is 251 g/mol. The third-order valence-electron chi connectivity index (χ3n) is 2.44. The molecule has 2 rings (SSSR count). The van der Waals surface area contributed by atoms with Gasteiger partial charge < -0.3 is 5.32 Å². The lowest BCUT2D eigenvalue weighted by molar-refractivity contribution is 0.967. The van der Waals surface area contributed by atoms with Gasteiger partial charge in [0.15, 0.2) is 5.82 Å². The van der Waals surface area contributed by atoms with Gasteiger partial charge in [-0.15, -0.1) is 0 Å². The van der Waals surface area contributed by atoms with Crippen LogP contribution < -0.4 is 5.32 Å². The van der Waals surface area contributed by atoms with E-state index in [1.165, 1.54) is 18.5 Å². The summed E-state index contributed by atoms with van der Waals surface area (Å²) < 4.78 is 0. The smallest absolute Gasteiger partial charge is 0.153 e. The van der Waals surface area contributed by atoms with Gasteiger partial charge in [-0.1, -0.05) is 24.3 Å². The third-order valence-corrected chi connectivity index (χ3v) is 2.52. The largest absolute Gasteiger partial charge is 0.323 e. The highest BCUT2D eigenvalue weighted by Gasteiger charge is 2.25. The molecule has 1 fully saturated rings. The molecule has 4 nitrogen and oxygen atoms in total. The average Bonchev–Trinajstić information content (AvgIpc) is 3.00. The van der Waals surface area contributed by atoms with Gasteiger partial charge in [0.05, 0.1) is 0 Å². The number of amidine groups is 1. The van der Waals surface area contributed by atoms with E-state index in [1.54, 1.807) is 0 Å². The van der Waals surface area contributed by atoms with Gasteiger partial charge in [-0.2, -0.15) is 5.10 Å². The Balaban J connectivity index is 2.08. The lowest BCUT2D eigenvalue weighted by atomic mass is 10.3. The molecule has 0 bridgehead atoms. The van der Waals surface area contributed by atoms with Crippen LogP contribution in [0.25, 0.3) is 0 Å². The van der Waals surface area contributed by atoms with Crippen molar-refractivity contribution in [1.82, 2.24) is 10.2 Å². The topological polar surface area (TPSA) is 53.1 Å². The minimum Gasteiger partial charge on any atom is -0.323 e. The van der Waals surface area contributed by atoms with Gasteiger partial charge in [-0.3, -0.25) is 5.10 Å². The van der Waals surface area contributed by atoms with Crippen LogP contribution in [0.1, 0.15) is 31.4 Å². The summed E-state index contributed by atoms with van der Waals surface area (Å²) in [6, 6.07) is 2.01. The van der Waals surface area contributed by atoms with E-state index in [1.807, 2.05) is 25.1 Å². The Hall–Kier alpha value is -1.55. The fraction of sp³-hybridized carbons (Fsp3) is 0.333. The molecule has 90 valence electrons. The Morgan fingerprint density at radius 2 is 2.47 bits per heavy atom. The van der Waals surface area contributed by atoms with Crippen molar-refractivity contribution in [2.24, 2.45) is 4.99 Å². The van der Waals surface area contributed by atoms with Crippen LogP contribution in [0.2, 0.25) is 0 Å². The number of anilines is 1. The summed E-state index contributed by atoms with van der Waals surface area (Å²) >= 11 is 5.66. The minimum atomic E-state index is 0.239. The van der Waals surface area contributed by atoms with Crippen LogP contribution in [0.15, 0.2) is 34.9 Å². The Bertz CT molecular complexity index is 469. The first-order chi connectivity index (χ1) is 8.19. The van der Waals surface area contributed by atoms with Crippen molar-refractivity contribution in [3.8, 4) is 0 Å². The van der Waals surface area contributed by atoms with Crippen LogP contribution in [0, 0.1) is 0 Å². The number of allylic oxidation sites excluding steroid dienone is 1. The number of hydrogen-bond acceptors (Lipinski definition) is 2. The monoisotopic (exact) mass is 250 g/mol. The molecule has 1 heterocycles. The first kappa shape index (κ1) is 11.9. The Morgan fingerprint density at radius 1 is 1.71 bits per heavy atom. The molecule has 0 aromatic carbocycles. The molecule has 1 aliphatic carbocycles. The van der Waals surface area contributed by atoms with Crippen molar-refractivity contribution in [3.63, 3.8) is 0 Å². The highest BCUT2D eigenvalue weighted by Crippen LogP contribution is 2.39. The number of aromatic amines is 1. The summed E-state index contributed by atoms with van der Waals surface area (Å²) in [5, 5.41) is 10.5. The third kappa shape index (κ3) is 3.46. The minimum absolute atomic E-state index is 0.239. The van der Waals surface area contributed by atoms with Crippen LogP contribution in [-0.4, -0.2) is 16.0 Å². The Labute approximate surface area is 105 Å². The number of nitrogens with one attached hydrogen (secondary N) is 2. The van der Waals surface area contributed by atoms with Crippen LogP contribution in [0.4, 0.5) is 5.82 Å². The van der Waals surface area contributed by atoms with Gasteiger partial charge in [0.25, 0.3) is 0 Å². The number of aliphatic imine (C=N–C) groups is 1. The van der Waals surface area contributed by atoms with Crippen molar-refractivity contribution >= 4 is 23.3 Å². The molecule has 1 aliphatic rings. The predicted octanol–water partition coefficient (Wildman–Crippen LogP) is 3.38. The van der Waals surface area contributed by atoms with Crippen molar-refractivity contribution in [2.75, 3.05) is 5.32 Å². The fourth-order valence-electron chi connectivity index (χ4n) is 1.53. The molecule has 0 saturated heterocycles. The van der Waals surface area contributed by atoms with Gasteiger partial charge in [0.1, 0.15) is 11.0 Å². The van der Waals surface area contributed by atoms with Gasteiger partial charge in [0.2, 0.25) is 0 Å². The molecule has 1 aromatic heterocycles. The highest BCUT2D eigenvalue weighted by molar-refractivity contribution is 6.30. The number of halogens is 1. The zero-order valence-corrected chi connectivity index (χ0v) is 10.5. The van der Waals surface area contributed by atoms with Crippen molar-refractivity contribution in [1.29, 1.82) is 0 Å². The lowest BCUT2D eigenvalue weighted by Gasteiger charge is -2.01. The molecular formula is C12H15ClN4. The maximum Gasteiger partial charge on any atom is 0.153 e. The highest BCUT2D eigenvalue weighted by atomic mass is 35.5. The number of hydrogen-bond donors (Lipinski definition) is 2. The molecular weight excluding hydrogens is 236 g/mol. The number of H-pyrrole nitrogens is 1. The van der Waals surface area contributed by atoms with Gasteiger partial charge in [-0.05, 0) is 25.8 Å². The number of rotatable bonds is 4. The molecule has 1 saturated carbocycles. The molecule has 0 aliphatic heterocycles. The Morgan fingerprint density at radius 3 is 3.06 bits per heavy atom. The zero-order valence-electron chi connectivity index (χ0n) is 9.70. The Kier molecular flexibility index (Phi) is 3.64. The summed E-state index contributed by atoms with van der Waals surface area (Å²) in [6.07, 6.45) is 6.19. The second-order valence-corrected chi connectivity index (χ2v) is 4.42. The van der Waals surface area contributed by atoms with Crippen LogP contribution in [0.5, 0.6) is 0 Å². The SMILES string of the molecule is C=C(Cl)/N=C(\C=C/C)Nc1cc(C2CC2)[nH]n1. The van der Waals surface area contributed by atoms with Crippen LogP contribution >= 0.6 is 11.6 Å². The van der Waals surface area contributed by atoms with Gasteiger partial charge >= 0.3 is 0 Å². The molecule has 0 amide bonds. The lowest BCUT2D eigenvalue weighted by Crippen LogP contribution is -2.09. The molecule has 0 radical (unpaired) electrons. The zero-order chi connectivity index (χ0) is 12.3. The van der Waals surface area contributed by atoms with E-state index in [4.69, 9.17) is 11.6 Å². The number of aromatic nitrogens is 2. The first-order valence-corrected chi connectivity index (χ1v) is 5.95. The normalized spacial score (nSPS) is 16.5. The van der Waals surface area contributed by atoms with E-state index in [9.17, 15) is 0 Å². The van der Waals surface area contributed by atoms with Crippen molar-refractivity contribution < 1.29 is 0 Å². The summed E-state index contributed by atoms with van der Waals surface area (Å²) in [5.41, 5.74) is 1.18. The summed E-state index contributed by atoms with van der Waals surface area (Å²) in [5.74, 6) is 2.03. The number of nitrogens with zero attached hydrogens (tertiary/aromatic N) is 2. The molecule has 0 atom stereocenters. The van der Waals surface area contributed by atoms with E-state index in [0.29, 0.717) is 11.8 Å². The van der Waals surface area contributed by atoms with E-state index in [-0.39, 0.29) is 5.16 Å². The maximum absolute atomic E-state index is 5.66. The van der Waals surface area contributed by atoms with Crippen LogP contribution in [-0.2, 0) is 0 Å². The molecule has 0 unspecified atom stereocenters. The van der Waals surface area contributed by atoms with Crippen molar-refractivity contribution in [3.05, 3.63) is 35.6 Å². The predicted molar refractivity (Wildman–Crippen MR) is 71.4 cm³/mol. The molecule has 17 heavy (non-hydrogen) atoms. The van der Waals surface area contributed by atoms with E-state index < -0.39 is 0 Å². The first-order valence-electron chi connectivity index (χ1n) is 5.57. The molecule has 1 aromatic rings. The standard InChI is InChI=1S/C12H15ClN4/c1-3-4-11(14-8(2)13)15-12-7-10(16-17-12)9-5-6-9/h3-4,7,9H,2,5-6H2,1H3,(H2,14,15,16,17)/b4-3-. The maximum atomic E-state index is 5.66. The molecule has 2 N–H and O–H groups in total. The second-order valence-electron chi connectivity index (χ2n) is 3.98. The van der Waals surface area contributed by atoms with E-state index in [2.05, 4.69) is 27.1 Å².